The number of anilines is 1. The average molecular weight is 256 g/mol. The van der Waals surface area contributed by atoms with Gasteiger partial charge in [0, 0.05) is 29.0 Å². The zero-order chi connectivity index (χ0) is 12.4. The van der Waals surface area contributed by atoms with Crippen molar-refractivity contribution in [3.8, 4) is 0 Å². The molecule has 0 saturated heterocycles. The Morgan fingerprint density at radius 3 is 2.78 bits per heavy atom. The maximum atomic E-state index is 11.9. The van der Waals surface area contributed by atoms with Crippen molar-refractivity contribution in [1.29, 1.82) is 0 Å². The van der Waals surface area contributed by atoms with E-state index in [0.29, 0.717) is 6.42 Å². The number of aromatic nitrogens is 1. The molecule has 4 heteroatoms. The number of carbonyl (C=O) groups is 1. The molecule has 2 heterocycles. The molecule has 0 aliphatic carbocycles. The van der Waals surface area contributed by atoms with E-state index in [1.54, 1.807) is 24.2 Å². The Labute approximate surface area is 110 Å². The van der Waals surface area contributed by atoms with E-state index in [9.17, 15) is 4.79 Å². The van der Waals surface area contributed by atoms with Crippen LogP contribution in [0.25, 0.3) is 0 Å². The molecule has 1 aliphatic rings. The maximum absolute atomic E-state index is 11.9. The maximum Gasteiger partial charge on any atom is 0.225 e. The Hall–Kier alpha value is -1.81. The van der Waals surface area contributed by atoms with Crippen LogP contribution in [0.15, 0.2) is 53.7 Å². The van der Waals surface area contributed by atoms with Crippen LogP contribution in [0.4, 0.5) is 5.69 Å². The number of nitrogens with zero attached hydrogens (tertiary/aromatic N) is 1. The van der Waals surface area contributed by atoms with Crippen LogP contribution in [0.5, 0.6) is 0 Å². The summed E-state index contributed by atoms with van der Waals surface area (Å²) in [6.07, 6.45) is 4.03. The average Bonchev–Trinajstić information content (AvgIpc) is 2.57. The fourth-order valence-corrected chi connectivity index (χ4v) is 3.24. The van der Waals surface area contributed by atoms with Crippen molar-refractivity contribution in [3.05, 3.63) is 54.4 Å². The topological polar surface area (TPSA) is 42.0 Å². The Morgan fingerprint density at radius 2 is 1.94 bits per heavy atom. The van der Waals surface area contributed by atoms with Crippen LogP contribution in [-0.4, -0.2) is 10.9 Å². The largest absolute Gasteiger partial charge is 0.325 e. The van der Waals surface area contributed by atoms with Crippen LogP contribution in [-0.2, 0) is 4.79 Å². The third-order valence-electron chi connectivity index (χ3n) is 2.88. The lowest BCUT2D eigenvalue weighted by Crippen LogP contribution is -2.11. The molecule has 0 bridgehead atoms. The molecule has 2 aromatic rings. The summed E-state index contributed by atoms with van der Waals surface area (Å²) >= 11 is 1.72. The van der Waals surface area contributed by atoms with Crippen LogP contribution < -0.4 is 5.32 Å². The van der Waals surface area contributed by atoms with Crippen LogP contribution in [0.2, 0.25) is 0 Å². The van der Waals surface area contributed by atoms with Crippen LogP contribution in [0, 0.1) is 0 Å². The number of hydrogen-bond donors (Lipinski definition) is 1. The lowest BCUT2D eigenvalue weighted by atomic mass is 10.1. The molecule has 3 rings (SSSR count). The van der Waals surface area contributed by atoms with Gasteiger partial charge in [-0.2, -0.15) is 0 Å². The summed E-state index contributed by atoms with van der Waals surface area (Å²) in [6.45, 7) is 0. The zero-order valence-electron chi connectivity index (χ0n) is 9.67. The van der Waals surface area contributed by atoms with E-state index < -0.39 is 0 Å². The minimum Gasteiger partial charge on any atom is -0.325 e. The van der Waals surface area contributed by atoms with Crippen LogP contribution in [0.3, 0.4) is 0 Å². The lowest BCUT2D eigenvalue weighted by molar-refractivity contribution is -0.116. The molecule has 0 spiro atoms. The van der Waals surface area contributed by atoms with Gasteiger partial charge in [0.2, 0.25) is 5.91 Å². The second-order valence-electron chi connectivity index (χ2n) is 4.14. The number of fused-ring (bicyclic) bond motifs is 1. The fourth-order valence-electron chi connectivity index (χ4n) is 2.00. The van der Waals surface area contributed by atoms with Crippen molar-refractivity contribution >= 4 is 23.4 Å². The van der Waals surface area contributed by atoms with Crippen LogP contribution >= 0.6 is 11.8 Å². The molecule has 1 N–H and O–H groups in total. The van der Waals surface area contributed by atoms with Crippen LogP contribution in [0.1, 0.15) is 17.2 Å². The third kappa shape index (κ3) is 2.24. The predicted octanol–water partition coefficient (Wildman–Crippen LogP) is 3.26. The number of hydrogen-bond acceptors (Lipinski definition) is 3. The van der Waals surface area contributed by atoms with E-state index >= 15 is 0 Å². The number of benzene rings is 1. The van der Waals surface area contributed by atoms with Gasteiger partial charge < -0.3 is 5.32 Å². The molecule has 0 radical (unpaired) electrons. The van der Waals surface area contributed by atoms with Crippen molar-refractivity contribution in [1.82, 2.24) is 4.98 Å². The molecule has 0 fully saturated rings. The van der Waals surface area contributed by atoms with E-state index in [0.717, 1.165) is 16.1 Å². The Balaban J connectivity index is 1.97. The van der Waals surface area contributed by atoms with E-state index in [4.69, 9.17) is 0 Å². The summed E-state index contributed by atoms with van der Waals surface area (Å²) in [5.41, 5.74) is 2.05. The second-order valence-corrected chi connectivity index (χ2v) is 5.38. The number of amides is 1. The highest BCUT2D eigenvalue weighted by Crippen LogP contribution is 2.43. The Kier molecular flexibility index (Phi) is 3.02. The number of para-hydroxylation sites is 1. The van der Waals surface area contributed by atoms with Crippen molar-refractivity contribution in [2.24, 2.45) is 0 Å². The van der Waals surface area contributed by atoms with Gasteiger partial charge in [-0.25, -0.2) is 0 Å². The molecule has 90 valence electrons. The van der Waals surface area contributed by atoms with E-state index in [1.165, 1.54) is 0 Å². The molecule has 3 nitrogen and oxygen atoms in total. The van der Waals surface area contributed by atoms with Gasteiger partial charge in [-0.05, 0) is 29.8 Å². The molecular formula is C14H12N2OS. The van der Waals surface area contributed by atoms with E-state index in [-0.39, 0.29) is 11.2 Å². The number of pyridine rings is 1. The normalized spacial score (nSPS) is 18.7. The van der Waals surface area contributed by atoms with E-state index in [1.807, 2.05) is 36.4 Å². The first-order valence-corrected chi connectivity index (χ1v) is 6.66. The smallest absolute Gasteiger partial charge is 0.225 e. The summed E-state index contributed by atoms with van der Waals surface area (Å²) in [7, 11) is 0. The molecular weight excluding hydrogens is 244 g/mol. The first-order chi connectivity index (χ1) is 8.83. The molecule has 1 atom stereocenters. The van der Waals surface area contributed by atoms with Crippen molar-refractivity contribution < 1.29 is 4.79 Å². The van der Waals surface area contributed by atoms with Gasteiger partial charge in [-0.1, -0.05) is 12.1 Å². The number of thioether (sulfide) groups is 1. The molecule has 0 unspecified atom stereocenters. The number of rotatable bonds is 1. The molecule has 1 aromatic carbocycles. The molecule has 1 aliphatic heterocycles. The standard InChI is InChI=1S/C14H12N2OS/c17-14-9-13(10-5-7-15-8-6-10)18-12-4-2-1-3-11(12)16-14/h1-8,13H,9H2,(H,16,17)/t13-/m0/s1. The molecule has 18 heavy (non-hydrogen) atoms. The minimum atomic E-state index is 0.0641. The second kappa shape index (κ2) is 4.82. The molecule has 1 aromatic heterocycles. The number of nitrogens with one attached hydrogen (secondary N) is 1. The third-order valence-corrected chi connectivity index (χ3v) is 4.21. The SMILES string of the molecule is O=C1C[C@@H](c2ccncc2)Sc2ccccc2N1. The fraction of sp³-hybridized carbons (Fsp3) is 0.143. The van der Waals surface area contributed by atoms with Crippen molar-refractivity contribution in [2.45, 2.75) is 16.6 Å². The van der Waals surface area contributed by atoms with E-state index in [2.05, 4.69) is 10.3 Å². The first-order valence-electron chi connectivity index (χ1n) is 5.78. The summed E-state index contributed by atoms with van der Waals surface area (Å²) in [4.78, 5) is 17.0. The molecule has 1 amide bonds. The zero-order valence-corrected chi connectivity index (χ0v) is 10.5. The first kappa shape index (κ1) is 11.3. The lowest BCUT2D eigenvalue weighted by Gasteiger charge is -2.12. The highest BCUT2D eigenvalue weighted by Gasteiger charge is 2.22. The quantitative estimate of drug-likeness (QED) is 0.851. The van der Waals surface area contributed by atoms with Gasteiger partial charge in [-0.15, -0.1) is 11.8 Å². The monoisotopic (exact) mass is 256 g/mol. The van der Waals surface area contributed by atoms with Gasteiger partial charge in [0.25, 0.3) is 0 Å². The Bertz CT molecular complexity index is 571. The highest BCUT2D eigenvalue weighted by molar-refractivity contribution is 7.99. The predicted molar refractivity (Wildman–Crippen MR) is 72.5 cm³/mol. The summed E-state index contributed by atoms with van der Waals surface area (Å²) in [5.74, 6) is 0.0641. The minimum absolute atomic E-state index is 0.0641. The summed E-state index contributed by atoms with van der Waals surface area (Å²) < 4.78 is 0. The van der Waals surface area contributed by atoms with Gasteiger partial charge in [0.15, 0.2) is 0 Å². The summed E-state index contributed by atoms with van der Waals surface area (Å²) in [5, 5.41) is 3.10. The van der Waals surface area contributed by atoms with Gasteiger partial charge in [-0.3, -0.25) is 9.78 Å². The highest BCUT2D eigenvalue weighted by atomic mass is 32.2. The molecule has 0 saturated carbocycles. The van der Waals surface area contributed by atoms with Gasteiger partial charge >= 0.3 is 0 Å². The van der Waals surface area contributed by atoms with Gasteiger partial charge in [0.1, 0.15) is 0 Å². The van der Waals surface area contributed by atoms with Crippen molar-refractivity contribution in [2.75, 3.05) is 5.32 Å². The number of carbonyl (C=O) groups excluding carboxylic acids is 1. The Morgan fingerprint density at radius 1 is 1.17 bits per heavy atom. The van der Waals surface area contributed by atoms with Gasteiger partial charge in [0.05, 0.1) is 5.69 Å². The van der Waals surface area contributed by atoms with Crippen molar-refractivity contribution in [3.63, 3.8) is 0 Å². The summed E-state index contributed by atoms with van der Waals surface area (Å²) in [6, 6.07) is 11.9.